The average molecular weight is 442 g/mol. The van der Waals surface area contributed by atoms with Gasteiger partial charge in [0, 0.05) is 6.07 Å². The number of carbonyl (C=O) groups excluding carboxylic acids is 1. The molecule has 9 heteroatoms. The number of sulfonamides is 1. The Labute approximate surface area is 180 Å². The second-order valence-electron chi connectivity index (χ2n) is 6.72. The van der Waals surface area contributed by atoms with Crippen molar-refractivity contribution >= 4 is 21.7 Å². The quantitative estimate of drug-likeness (QED) is 0.550. The summed E-state index contributed by atoms with van der Waals surface area (Å²) in [5.74, 6) is 0.705. The van der Waals surface area contributed by atoms with Crippen molar-refractivity contribution in [2.75, 3.05) is 18.9 Å². The molecule has 2 aromatic carbocycles. The molecule has 3 rings (SSSR count). The van der Waals surface area contributed by atoms with E-state index in [4.69, 9.17) is 9.47 Å². The number of rotatable bonds is 7. The highest BCUT2D eigenvalue weighted by Gasteiger charge is 2.20. The van der Waals surface area contributed by atoms with Crippen LogP contribution in [0.2, 0.25) is 0 Å². The van der Waals surface area contributed by atoms with Crippen molar-refractivity contribution < 1.29 is 27.4 Å². The highest BCUT2D eigenvalue weighted by atomic mass is 32.2. The van der Waals surface area contributed by atoms with Crippen LogP contribution >= 0.6 is 0 Å². The van der Waals surface area contributed by atoms with Crippen molar-refractivity contribution in [3.8, 4) is 17.4 Å². The summed E-state index contributed by atoms with van der Waals surface area (Å²) in [7, 11) is -1.18. The Morgan fingerprint density at radius 2 is 1.74 bits per heavy atom. The van der Waals surface area contributed by atoms with Gasteiger partial charge in [-0.1, -0.05) is 12.1 Å². The van der Waals surface area contributed by atoms with Gasteiger partial charge in [0.25, 0.3) is 10.0 Å². The number of methoxy groups -OCH3 is 2. The largest absolute Gasteiger partial charge is 0.493 e. The van der Waals surface area contributed by atoms with E-state index in [0.717, 1.165) is 5.56 Å². The van der Waals surface area contributed by atoms with E-state index in [1.54, 1.807) is 26.2 Å². The molecular formula is C22H22N2O6S. The Kier molecular flexibility index (Phi) is 6.45. The Morgan fingerprint density at radius 3 is 2.39 bits per heavy atom. The topological polar surface area (TPSA) is 104 Å². The van der Waals surface area contributed by atoms with Crippen LogP contribution in [-0.2, 0) is 14.8 Å². The molecule has 162 valence electrons. The maximum atomic E-state index is 12.8. The molecule has 31 heavy (non-hydrogen) atoms. The highest BCUT2D eigenvalue weighted by Crippen LogP contribution is 2.31. The SMILES string of the molecule is COC(=O)c1ccc(C)c(S(=O)(=O)Nc2ccc(Oc3ccc(C)cc3OC)nc2)c1. The van der Waals surface area contributed by atoms with Gasteiger partial charge in [-0.05, 0) is 55.3 Å². The molecule has 0 saturated heterocycles. The number of hydrogen-bond donors (Lipinski definition) is 1. The third kappa shape index (κ3) is 5.13. The average Bonchev–Trinajstić information content (AvgIpc) is 2.75. The maximum absolute atomic E-state index is 12.8. The van der Waals surface area contributed by atoms with Gasteiger partial charge < -0.3 is 14.2 Å². The fourth-order valence-corrected chi connectivity index (χ4v) is 4.13. The molecule has 8 nitrogen and oxygen atoms in total. The smallest absolute Gasteiger partial charge is 0.337 e. The first kappa shape index (κ1) is 22.1. The number of nitrogens with one attached hydrogen (secondary N) is 1. The zero-order valence-electron chi connectivity index (χ0n) is 17.5. The number of ether oxygens (including phenoxy) is 3. The summed E-state index contributed by atoms with van der Waals surface area (Å²) in [5, 5.41) is 0. The summed E-state index contributed by atoms with van der Waals surface area (Å²) in [6.45, 7) is 3.58. The van der Waals surface area contributed by atoms with Gasteiger partial charge in [-0.25, -0.2) is 18.2 Å². The minimum atomic E-state index is -3.95. The van der Waals surface area contributed by atoms with Crippen LogP contribution in [0.5, 0.6) is 17.4 Å². The second kappa shape index (κ2) is 9.05. The standard InChI is InChI=1S/C22H22N2O6S/c1-14-5-9-18(19(11-14)28-3)30-21-10-8-17(13-23-21)24-31(26,27)20-12-16(22(25)29-4)7-6-15(20)2/h5-13,24H,1-4H3. The van der Waals surface area contributed by atoms with Crippen LogP contribution in [-0.4, -0.2) is 33.6 Å². The normalized spacial score (nSPS) is 11.0. The Bertz CT molecular complexity index is 1210. The van der Waals surface area contributed by atoms with Gasteiger partial charge in [0.1, 0.15) is 0 Å². The summed E-state index contributed by atoms with van der Waals surface area (Å²) >= 11 is 0. The van der Waals surface area contributed by atoms with Crippen molar-refractivity contribution in [2.24, 2.45) is 0 Å². The van der Waals surface area contributed by atoms with Crippen LogP contribution in [0, 0.1) is 13.8 Å². The summed E-state index contributed by atoms with van der Waals surface area (Å²) in [5.41, 5.74) is 1.89. The van der Waals surface area contributed by atoms with E-state index in [1.807, 2.05) is 19.1 Å². The molecule has 3 aromatic rings. The predicted molar refractivity (Wildman–Crippen MR) is 115 cm³/mol. The fraction of sp³-hybridized carbons (Fsp3) is 0.182. The number of nitrogens with zero attached hydrogens (tertiary/aromatic N) is 1. The number of aromatic nitrogens is 1. The van der Waals surface area contributed by atoms with E-state index < -0.39 is 16.0 Å². The second-order valence-corrected chi connectivity index (χ2v) is 8.37. The third-order valence-corrected chi connectivity index (χ3v) is 5.94. The number of carbonyl (C=O) groups is 1. The van der Waals surface area contributed by atoms with Gasteiger partial charge in [-0.3, -0.25) is 4.72 Å². The molecule has 1 aromatic heterocycles. The van der Waals surface area contributed by atoms with E-state index in [1.165, 1.54) is 37.6 Å². The van der Waals surface area contributed by atoms with Gasteiger partial charge in [-0.2, -0.15) is 0 Å². The number of anilines is 1. The van der Waals surface area contributed by atoms with Gasteiger partial charge in [0.05, 0.1) is 36.6 Å². The molecule has 0 unspecified atom stereocenters. The zero-order chi connectivity index (χ0) is 22.6. The Morgan fingerprint density at radius 1 is 0.968 bits per heavy atom. The van der Waals surface area contributed by atoms with Crippen molar-refractivity contribution in [2.45, 2.75) is 18.7 Å². The molecule has 0 amide bonds. The number of esters is 1. The molecule has 0 saturated carbocycles. The van der Waals surface area contributed by atoms with Gasteiger partial charge >= 0.3 is 5.97 Å². The van der Waals surface area contributed by atoms with Crippen LogP contribution in [0.15, 0.2) is 59.6 Å². The first-order chi connectivity index (χ1) is 14.7. The van der Waals surface area contributed by atoms with Crippen molar-refractivity contribution in [1.82, 2.24) is 4.98 Å². The van der Waals surface area contributed by atoms with E-state index >= 15 is 0 Å². The van der Waals surface area contributed by atoms with Crippen molar-refractivity contribution in [3.63, 3.8) is 0 Å². The summed E-state index contributed by atoms with van der Waals surface area (Å²) in [6.07, 6.45) is 1.34. The Balaban J connectivity index is 1.80. The number of benzene rings is 2. The van der Waals surface area contributed by atoms with Gasteiger partial charge in [0.15, 0.2) is 11.5 Å². The van der Waals surface area contributed by atoms with E-state index in [9.17, 15) is 13.2 Å². The number of hydrogen-bond acceptors (Lipinski definition) is 7. The molecule has 0 aliphatic heterocycles. The fourth-order valence-electron chi connectivity index (χ4n) is 2.82. The van der Waals surface area contributed by atoms with E-state index in [2.05, 4.69) is 14.4 Å². The predicted octanol–water partition coefficient (Wildman–Crippen LogP) is 4.09. The number of pyridine rings is 1. The molecule has 0 aliphatic rings. The first-order valence-corrected chi connectivity index (χ1v) is 10.7. The molecule has 0 bridgehead atoms. The van der Waals surface area contributed by atoms with Crippen LogP contribution in [0.3, 0.4) is 0 Å². The molecule has 0 atom stereocenters. The summed E-state index contributed by atoms with van der Waals surface area (Å²) < 4.78 is 43.8. The minimum absolute atomic E-state index is 0.0277. The lowest BCUT2D eigenvalue weighted by Gasteiger charge is -2.13. The molecule has 1 heterocycles. The highest BCUT2D eigenvalue weighted by molar-refractivity contribution is 7.92. The summed E-state index contributed by atoms with van der Waals surface area (Å²) in [6, 6.07) is 12.9. The van der Waals surface area contributed by atoms with Crippen LogP contribution in [0.4, 0.5) is 5.69 Å². The first-order valence-electron chi connectivity index (χ1n) is 9.24. The van der Waals surface area contributed by atoms with E-state index in [-0.39, 0.29) is 22.0 Å². The maximum Gasteiger partial charge on any atom is 0.337 e. The van der Waals surface area contributed by atoms with Crippen molar-refractivity contribution in [3.05, 3.63) is 71.4 Å². The number of aryl methyl sites for hydroxylation is 2. The van der Waals surface area contributed by atoms with Crippen LogP contribution in [0.25, 0.3) is 0 Å². The van der Waals surface area contributed by atoms with Gasteiger partial charge in [0.2, 0.25) is 5.88 Å². The Hall–Kier alpha value is -3.59. The van der Waals surface area contributed by atoms with Crippen LogP contribution in [0.1, 0.15) is 21.5 Å². The third-order valence-electron chi connectivity index (χ3n) is 4.42. The lowest BCUT2D eigenvalue weighted by molar-refractivity contribution is 0.0600. The molecule has 1 N–H and O–H groups in total. The minimum Gasteiger partial charge on any atom is -0.493 e. The van der Waals surface area contributed by atoms with Crippen molar-refractivity contribution in [1.29, 1.82) is 0 Å². The van der Waals surface area contributed by atoms with Gasteiger partial charge in [-0.15, -0.1) is 0 Å². The summed E-state index contributed by atoms with van der Waals surface area (Å²) in [4.78, 5) is 15.9. The molecule has 0 radical (unpaired) electrons. The van der Waals surface area contributed by atoms with Crippen LogP contribution < -0.4 is 14.2 Å². The molecule has 0 aliphatic carbocycles. The molecule has 0 fully saturated rings. The molecule has 0 spiro atoms. The van der Waals surface area contributed by atoms with E-state index in [0.29, 0.717) is 17.1 Å². The zero-order valence-corrected chi connectivity index (χ0v) is 18.3. The molecular weight excluding hydrogens is 420 g/mol. The monoisotopic (exact) mass is 442 g/mol. The lowest BCUT2D eigenvalue weighted by atomic mass is 10.1. The lowest BCUT2D eigenvalue weighted by Crippen LogP contribution is -2.15.